The average Bonchev–Trinajstić information content (AvgIpc) is 3.17. The predicted octanol–water partition coefficient (Wildman–Crippen LogP) is 5.93. The molecule has 29 heavy (non-hydrogen) atoms. The standard InChI is InChI=1S/C21H14F2N2O2S2/c22-21(23)27-15-8-6-14(7-9-15)17(26)11-29-20-18-16(13-4-2-1-3-5-13)10-28-19(18)24-12-25-20/h1-10,12,21H,11H2. The van der Waals surface area contributed by atoms with E-state index in [2.05, 4.69) is 14.7 Å². The molecule has 0 saturated carbocycles. The number of hydrogen-bond acceptors (Lipinski definition) is 6. The van der Waals surface area contributed by atoms with Gasteiger partial charge in [-0.1, -0.05) is 42.1 Å². The lowest BCUT2D eigenvalue weighted by molar-refractivity contribution is -0.0498. The van der Waals surface area contributed by atoms with Crippen molar-refractivity contribution in [2.75, 3.05) is 5.75 Å². The minimum atomic E-state index is -2.89. The van der Waals surface area contributed by atoms with Crippen LogP contribution in [0, 0.1) is 0 Å². The summed E-state index contributed by atoms with van der Waals surface area (Å²) in [6.45, 7) is -2.89. The molecular formula is C21H14F2N2O2S2. The lowest BCUT2D eigenvalue weighted by atomic mass is 10.1. The van der Waals surface area contributed by atoms with Gasteiger partial charge in [0.05, 0.1) is 11.1 Å². The molecule has 0 bridgehead atoms. The predicted molar refractivity (Wildman–Crippen MR) is 111 cm³/mol. The first-order valence-corrected chi connectivity index (χ1v) is 10.5. The van der Waals surface area contributed by atoms with Crippen molar-refractivity contribution in [2.24, 2.45) is 0 Å². The van der Waals surface area contributed by atoms with Crippen molar-refractivity contribution < 1.29 is 18.3 Å². The van der Waals surface area contributed by atoms with E-state index in [9.17, 15) is 13.6 Å². The summed E-state index contributed by atoms with van der Waals surface area (Å²) in [4.78, 5) is 22.1. The first-order chi connectivity index (χ1) is 14.1. The minimum Gasteiger partial charge on any atom is -0.435 e. The molecule has 4 rings (SSSR count). The zero-order valence-corrected chi connectivity index (χ0v) is 16.6. The molecule has 4 nitrogen and oxygen atoms in total. The van der Waals surface area contributed by atoms with Gasteiger partial charge in [-0.2, -0.15) is 8.78 Å². The number of benzene rings is 2. The van der Waals surface area contributed by atoms with Crippen LogP contribution in [0.4, 0.5) is 8.78 Å². The van der Waals surface area contributed by atoms with Crippen LogP contribution in [0.2, 0.25) is 0 Å². The Morgan fingerprint density at radius 1 is 1.07 bits per heavy atom. The molecule has 4 aromatic rings. The van der Waals surface area contributed by atoms with E-state index in [0.29, 0.717) is 5.56 Å². The van der Waals surface area contributed by atoms with Crippen LogP contribution < -0.4 is 4.74 Å². The van der Waals surface area contributed by atoms with Crippen LogP contribution in [0.1, 0.15) is 10.4 Å². The van der Waals surface area contributed by atoms with Crippen LogP contribution in [-0.2, 0) is 0 Å². The molecule has 146 valence electrons. The number of nitrogens with zero attached hydrogens (tertiary/aromatic N) is 2. The van der Waals surface area contributed by atoms with Crippen LogP contribution in [-0.4, -0.2) is 28.1 Å². The van der Waals surface area contributed by atoms with Crippen LogP contribution in [0.3, 0.4) is 0 Å². The van der Waals surface area contributed by atoms with Gasteiger partial charge in [-0.25, -0.2) is 9.97 Å². The fraction of sp³-hybridized carbons (Fsp3) is 0.0952. The summed E-state index contributed by atoms with van der Waals surface area (Å²) in [6, 6.07) is 15.6. The molecule has 0 N–H and O–H groups in total. The summed E-state index contributed by atoms with van der Waals surface area (Å²) in [5.41, 5.74) is 2.53. The Balaban J connectivity index is 1.54. The van der Waals surface area contributed by atoms with E-state index >= 15 is 0 Å². The van der Waals surface area contributed by atoms with E-state index in [0.717, 1.165) is 26.4 Å². The number of thiophene rings is 1. The molecule has 0 saturated heterocycles. The van der Waals surface area contributed by atoms with Gasteiger partial charge in [-0.15, -0.1) is 11.3 Å². The second-order valence-electron chi connectivity index (χ2n) is 5.99. The highest BCUT2D eigenvalue weighted by molar-refractivity contribution is 8.00. The summed E-state index contributed by atoms with van der Waals surface area (Å²) in [6.07, 6.45) is 1.50. The number of aromatic nitrogens is 2. The van der Waals surface area contributed by atoms with E-state index in [1.54, 1.807) is 0 Å². The number of rotatable bonds is 7. The van der Waals surface area contributed by atoms with Crippen molar-refractivity contribution in [3.8, 4) is 16.9 Å². The third kappa shape index (κ3) is 4.44. The summed E-state index contributed by atoms with van der Waals surface area (Å²) >= 11 is 2.87. The highest BCUT2D eigenvalue weighted by Gasteiger charge is 2.15. The third-order valence-corrected chi connectivity index (χ3v) is 6.04. The van der Waals surface area contributed by atoms with Crippen LogP contribution in [0.25, 0.3) is 21.3 Å². The summed E-state index contributed by atoms with van der Waals surface area (Å²) in [7, 11) is 0. The van der Waals surface area contributed by atoms with Crippen molar-refractivity contribution in [2.45, 2.75) is 11.6 Å². The van der Waals surface area contributed by atoms with E-state index in [1.807, 2.05) is 35.7 Å². The molecule has 0 aliphatic carbocycles. The molecule has 0 amide bonds. The van der Waals surface area contributed by atoms with Crippen molar-refractivity contribution >= 4 is 39.1 Å². The van der Waals surface area contributed by atoms with E-state index in [4.69, 9.17) is 0 Å². The quantitative estimate of drug-likeness (QED) is 0.207. The summed E-state index contributed by atoms with van der Waals surface area (Å²) in [5.74, 6) is 0.0694. The lowest BCUT2D eigenvalue weighted by Crippen LogP contribution is -2.04. The smallest absolute Gasteiger partial charge is 0.387 e. The first kappa shape index (κ1) is 19.5. The number of ether oxygens (including phenoxy) is 1. The number of Topliss-reactive ketones (excluding diaryl/α,β-unsaturated/α-hetero) is 1. The molecular weight excluding hydrogens is 414 g/mol. The number of hydrogen-bond donors (Lipinski definition) is 0. The number of carbonyl (C=O) groups is 1. The summed E-state index contributed by atoms with van der Waals surface area (Å²) < 4.78 is 28.8. The molecule has 0 unspecified atom stereocenters. The second kappa shape index (κ2) is 8.67. The zero-order valence-electron chi connectivity index (χ0n) is 14.9. The van der Waals surface area contributed by atoms with Crippen molar-refractivity contribution in [3.05, 3.63) is 71.9 Å². The molecule has 0 spiro atoms. The SMILES string of the molecule is O=C(CSc1ncnc2scc(-c3ccccc3)c12)c1ccc(OC(F)F)cc1. The summed E-state index contributed by atoms with van der Waals surface area (Å²) in [5, 5.41) is 3.71. The van der Waals surface area contributed by atoms with Gasteiger partial charge in [0, 0.05) is 16.5 Å². The van der Waals surface area contributed by atoms with Gasteiger partial charge in [0.15, 0.2) is 5.78 Å². The van der Waals surface area contributed by atoms with Crippen molar-refractivity contribution in [1.29, 1.82) is 0 Å². The largest absolute Gasteiger partial charge is 0.435 e. The molecule has 0 aliphatic rings. The molecule has 0 radical (unpaired) electrons. The van der Waals surface area contributed by atoms with Gasteiger partial charge in [0.2, 0.25) is 0 Å². The van der Waals surface area contributed by atoms with E-state index in [1.165, 1.54) is 53.7 Å². The first-order valence-electron chi connectivity index (χ1n) is 8.60. The maximum absolute atomic E-state index is 12.5. The molecule has 0 aliphatic heterocycles. The molecule has 2 heterocycles. The zero-order chi connectivity index (χ0) is 20.2. The van der Waals surface area contributed by atoms with Gasteiger partial charge in [0.1, 0.15) is 21.9 Å². The van der Waals surface area contributed by atoms with Gasteiger partial charge >= 0.3 is 6.61 Å². The Morgan fingerprint density at radius 3 is 2.55 bits per heavy atom. The Hall–Kier alpha value is -2.84. The number of thioether (sulfide) groups is 1. The highest BCUT2D eigenvalue weighted by atomic mass is 32.2. The maximum Gasteiger partial charge on any atom is 0.387 e. The number of halogens is 2. The maximum atomic E-state index is 12.5. The van der Waals surface area contributed by atoms with Gasteiger partial charge < -0.3 is 4.74 Å². The third-order valence-electron chi connectivity index (χ3n) is 4.16. The Morgan fingerprint density at radius 2 is 1.83 bits per heavy atom. The fourth-order valence-corrected chi connectivity index (χ4v) is 4.71. The number of alkyl halides is 2. The van der Waals surface area contributed by atoms with Gasteiger partial charge in [-0.05, 0) is 29.8 Å². The van der Waals surface area contributed by atoms with Crippen LogP contribution >= 0.6 is 23.1 Å². The monoisotopic (exact) mass is 428 g/mol. The number of ketones is 1. The normalized spacial score (nSPS) is 11.1. The Bertz CT molecular complexity index is 1130. The number of fused-ring (bicyclic) bond motifs is 1. The minimum absolute atomic E-state index is 0.0208. The van der Waals surface area contributed by atoms with Gasteiger partial charge in [0.25, 0.3) is 0 Å². The second-order valence-corrected chi connectivity index (χ2v) is 7.81. The van der Waals surface area contributed by atoms with E-state index < -0.39 is 6.61 Å². The van der Waals surface area contributed by atoms with Crippen LogP contribution in [0.5, 0.6) is 5.75 Å². The number of carbonyl (C=O) groups excluding carboxylic acids is 1. The van der Waals surface area contributed by atoms with Crippen molar-refractivity contribution in [3.63, 3.8) is 0 Å². The topological polar surface area (TPSA) is 52.1 Å². The molecule has 2 aromatic carbocycles. The molecule has 0 atom stereocenters. The fourth-order valence-electron chi connectivity index (χ4n) is 2.83. The Kier molecular flexibility index (Phi) is 5.82. The molecule has 8 heteroatoms. The average molecular weight is 428 g/mol. The molecule has 2 aromatic heterocycles. The van der Waals surface area contributed by atoms with E-state index in [-0.39, 0.29) is 17.3 Å². The van der Waals surface area contributed by atoms with Crippen molar-refractivity contribution in [1.82, 2.24) is 9.97 Å². The Labute approximate surface area is 173 Å². The highest BCUT2D eigenvalue weighted by Crippen LogP contribution is 2.37. The molecule has 0 fully saturated rings. The van der Waals surface area contributed by atoms with Gasteiger partial charge in [-0.3, -0.25) is 4.79 Å². The lowest BCUT2D eigenvalue weighted by Gasteiger charge is -2.07. The van der Waals surface area contributed by atoms with Crippen LogP contribution in [0.15, 0.2) is 71.3 Å².